The second-order valence-electron chi connectivity index (χ2n) is 4.90. The van der Waals surface area contributed by atoms with Crippen LogP contribution in [0.5, 0.6) is 0 Å². The third kappa shape index (κ3) is 5.75. The molecule has 0 bridgehead atoms. The van der Waals surface area contributed by atoms with Gasteiger partial charge >= 0.3 is 5.97 Å². The zero-order valence-corrected chi connectivity index (χ0v) is 13.8. The standard InChI is InChI=1S/C17H20N2O3S/c1-2-21-16(20)15(11-13-7-4-3-5-8-13)19-17(23)18-12-14-9-6-10-22-14/h3-10,15H,2,11-12H2,1H3,(H2,18,19,23). The van der Waals surface area contributed by atoms with Gasteiger partial charge in [0.1, 0.15) is 11.8 Å². The second-order valence-corrected chi connectivity index (χ2v) is 5.31. The minimum absolute atomic E-state index is 0.321. The summed E-state index contributed by atoms with van der Waals surface area (Å²) in [6.45, 7) is 2.57. The molecule has 5 nitrogen and oxygen atoms in total. The van der Waals surface area contributed by atoms with Crippen molar-refractivity contribution in [1.82, 2.24) is 10.6 Å². The van der Waals surface area contributed by atoms with Gasteiger partial charge in [0.2, 0.25) is 0 Å². The van der Waals surface area contributed by atoms with Gasteiger partial charge in [0.05, 0.1) is 19.4 Å². The molecule has 1 heterocycles. The minimum atomic E-state index is -0.533. The molecule has 1 unspecified atom stereocenters. The second kappa shape index (κ2) is 8.95. The lowest BCUT2D eigenvalue weighted by Gasteiger charge is -2.19. The van der Waals surface area contributed by atoms with Crippen LogP contribution in [-0.4, -0.2) is 23.7 Å². The number of carbonyl (C=O) groups excluding carboxylic acids is 1. The Balaban J connectivity index is 1.93. The number of carbonyl (C=O) groups is 1. The van der Waals surface area contributed by atoms with E-state index in [4.69, 9.17) is 21.4 Å². The molecule has 0 saturated carbocycles. The van der Waals surface area contributed by atoms with E-state index in [1.807, 2.05) is 42.5 Å². The van der Waals surface area contributed by atoms with Crippen molar-refractivity contribution in [3.63, 3.8) is 0 Å². The smallest absolute Gasteiger partial charge is 0.328 e. The van der Waals surface area contributed by atoms with Crippen LogP contribution < -0.4 is 10.6 Å². The number of esters is 1. The molecular weight excluding hydrogens is 312 g/mol. The highest BCUT2D eigenvalue weighted by atomic mass is 32.1. The van der Waals surface area contributed by atoms with Gasteiger partial charge in [0, 0.05) is 6.42 Å². The summed E-state index contributed by atoms with van der Waals surface area (Å²) >= 11 is 5.25. The first-order valence-corrected chi connectivity index (χ1v) is 7.87. The normalized spacial score (nSPS) is 11.5. The third-order valence-electron chi connectivity index (χ3n) is 3.16. The first kappa shape index (κ1) is 17.0. The lowest BCUT2D eigenvalue weighted by atomic mass is 10.1. The van der Waals surface area contributed by atoms with Gasteiger partial charge < -0.3 is 19.8 Å². The fourth-order valence-corrected chi connectivity index (χ4v) is 2.29. The van der Waals surface area contributed by atoms with E-state index in [0.29, 0.717) is 24.7 Å². The summed E-state index contributed by atoms with van der Waals surface area (Å²) in [5.41, 5.74) is 1.03. The lowest BCUT2D eigenvalue weighted by Crippen LogP contribution is -2.47. The van der Waals surface area contributed by atoms with Crippen LogP contribution in [0.3, 0.4) is 0 Å². The summed E-state index contributed by atoms with van der Waals surface area (Å²) in [6.07, 6.45) is 2.10. The summed E-state index contributed by atoms with van der Waals surface area (Å²) < 4.78 is 10.3. The molecule has 1 aromatic carbocycles. The van der Waals surface area contributed by atoms with Crippen LogP contribution in [-0.2, 0) is 22.5 Å². The molecule has 0 radical (unpaired) electrons. The van der Waals surface area contributed by atoms with E-state index < -0.39 is 6.04 Å². The van der Waals surface area contributed by atoms with Crippen molar-refractivity contribution in [1.29, 1.82) is 0 Å². The van der Waals surface area contributed by atoms with E-state index in [-0.39, 0.29) is 5.97 Å². The van der Waals surface area contributed by atoms with Crippen LogP contribution in [0.4, 0.5) is 0 Å². The molecule has 0 aliphatic carbocycles. The fraction of sp³-hybridized carbons (Fsp3) is 0.294. The fourth-order valence-electron chi connectivity index (χ4n) is 2.08. The van der Waals surface area contributed by atoms with Gasteiger partial charge in [-0.2, -0.15) is 0 Å². The molecular formula is C17H20N2O3S. The van der Waals surface area contributed by atoms with Gasteiger partial charge in [0.25, 0.3) is 0 Å². The summed E-state index contributed by atoms with van der Waals surface area (Å²) in [7, 11) is 0. The van der Waals surface area contributed by atoms with Crippen molar-refractivity contribution < 1.29 is 13.9 Å². The van der Waals surface area contributed by atoms with Crippen molar-refractivity contribution in [2.24, 2.45) is 0 Å². The van der Waals surface area contributed by atoms with E-state index in [0.717, 1.165) is 11.3 Å². The summed E-state index contributed by atoms with van der Waals surface area (Å²) in [4.78, 5) is 12.1. The highest BCUT2D eigenvalue weighted by molar-refractivity contribution is 7.80. The summed E-state index contributed by atoms with van der Waals surface area (Å²) in [5.74, 6) is 0.448. The van der Waals surface area contributed by atoms with Gasteiger partial charge in [-0.15, -0.1) is 0 Å². The van der Waals surface area contributed by atoms with E-state index >= 15 is 0 Å². The summed E-state index contributed by atoms with van der Waals surface area (Å²) in [6, 6.07) is 12.9. The van der Waals surface area contributed by atoms with Gasteiger partial charge in [-0.25, -0.2) is 4.79 Å². The monoisotopic (exact) mass is 332 g/mol. The largest absolute Gasteiger partial charge is 0.467 e. The van der Waals surface area contributed by atoms with Crippen LogP contribution in [0, 0.1) is 0 Å². The van der Waals surface area contributed by atoms with Crippen LogP contribution >= 0.6 is 12.2 Å². The lowest BCUT2D eigenvalue weighted by molar-refractivity contribution is -0.145. The number of hydrogen-bond donors (Lipinski definition) is 2. The molecule has 6 heteroatoms. The topological polar surface area (TPSA) is 63.5 Å². The molecule has 0 aliphatic heterocycles. The minimum Gasteiger partial charge on any atom is -0.467 e. The Morgan fingerprint density at radius 1 is 1.26 bits per heavy atom. The Morgan fingerprint density at radius 2 is 2.04 bits per heavy atom. The molecule has 1 atom stereocenters. The molecule has 2 rings (SSSR count). The SMILES string of the molecule is CCOC(=O)C(Cc1ccccc1)NC(=S)NCc1ccco1. The summed E-state index contributed by atoms with van der Waals surface area (Å²) in [5, 5.41) is 6.42. The van der Waals surface area contributed by atoms with E-state index in [9.17, 15) is 4.79 Å². The average molecular weight is 332 g/mol. The Morgan fingerprint density at radius 3 is 2.70 bits per heavy atom. The number of rotatable bonds is 7. The Hall–Kier alpha value is -2.34. The molecule has 2 aromatic rings. The van der Waals surface area contributed by atoms with Crippen LogP contribution in [0.15, 0.2) is 53.1 Å². The molecule has 0 fully saturated rings. The predicted molar refractivity (Wildman–Crippen MR) is 91.8 cm³/mol. The maximum absolute atomic E-state index is 12.1. The molecule has 122 valence electrons. The third-order valence-corrected chi connectivity index (χ3v) is 3.42. The Bertz CT molecular complexity index is 614. The molecule has 0 saturated heterocycles. The van der Waals surface area contributed by atoms with E-state index in [2.05, 4.69) is 10.6 Å². The zero-order chi connectivity index (χ0) is 16.5. The maximum Gasteiger partial charge on any atom is 0.328 e. The quantitative estimate of drug-likeness (QED) is 0.600. The molecule has 1 aromatic heterocycles. The van der Waals surface area contributed by atoms with Gasteiger partial charge in [-0.1, -0.05) is 30.3 Å². The number of furan rings is 1. The number of thiocarbonyl (C=S) groups is 1. The molecule has 2 N–H and O–H groups in total. The van der Waals surface area contributed by atoms with Crippen molar-refractivity contribution in [2.75, 3.05) is 6.61 Å². The Kier molecular flexibility index (Phi) is 6.62. The van der Waals surface area contributed by atoms with Crippen molar-refractivity contribution in [2.45, 2.75) is 25.9 Å². The van der Waals surface area contributed by atoms with Crippen molar-refractivity contribution in [3.05, 3.63) is 60.1 Å². The molecule has 0 aliphatic rings. The van der Waals surface area contributed by atoms with E-state index in [1.165, 1.54) is 0 Å². The number of nitrogens with one attached hydrogen (secondary N) is 2. The van der Waals surface area contributed by atoms with Crippen LogP contribution in [0.1, 0.15) is 18.2 Å². The van der Waals surface area contributed by atoms with E-state index in [1.54, 1.807) is 13.2 Å². The van der Waals surface area contributed by atoms with Gasteiger partial charge in [-0.3, -0.25) is 0 Å². The van der Waals surface area contributed by atoms with Crippen LogP contribution in [0.2, 0.25) is 0 Å². The molecule has 23 heavy (non-hydrogen) atoms. The first-order chi connectivity index (χ1) is 11.2. The van der Waals surface area contributed by atoms with Crippen molar-refractivity contribution in [3.8, 4) is 0 Å². The number of benzene rings is 1. The maximum atomic E-state index is 12.1. The van der Waals surface area contributed by atoms with Gasteiger partial charge in [-0.05, 0) is 36.8 Å². The number of hydrogen-bond acceptors (Lipinski definition) is 4. The predicted octanol–water partition coefficient (Wildman–Crippen LogP) is 2.42. The molecule has 0 amide bonds. The van der Waals surface area contributed by atoms with Gasteiger partial charge in [0.15, 0.2) is 5.11 Å². The zero-order valence-electron chi connectivity index (χ0n) is 13.0. The molecule has 0 spiro atoms. The Labute approximate surface area is 141 Å². The number of ether oxygens (including phenoxy) is 1. The highest BCUT2D eigenvalue weighted by Crippen LogP contribution is 2.05. The average Bonchev–Trinajstić information content (AvgIpc) is 3.07. The van der Waals surface area contributed by atoms with Crippen LogP contribution in [0.25, 0.3) is 0 Å². The van der Waals surface area contributed by atoms with Crippen molar-refractivity contribution >= 4 is 23.3 Å². The first-order valence-electron chi connectivity index (χ1n) is 7.46. The highest BCUT2D eigenvalue weighted by Gasteiger charge is 2.21.